The minimum atomic E-state index is -3.64. The molecule has 0 atom stereocenters. The molecular formula is C16H20N2O4S. The molecule has 0 N–H and O–H groups in total. The van der Waals surface area contributed by atoms with Gasteiger partial charge in [0.05, 0.1) is 14.2 Å². The van der Waals surface area contributed by atoms with Gasteiger partial charge in [-0.1, -0.05) is 0 Å². The molecule has 0 spiro atoms. The maximum atomic E-state index is 12.7. The van der Waals surface area contributed by atoms with Crippen molar-refractivity contribution >= 4 is 10.0 Å². The Labute approximate surface area is 136 Å². The standard InChI is InChI=1S/C16H20N2O4S/c1-18(11-8-13-6-9-17-10-7-13)23(19,20)16-5-4-14(21-2)12-15(16)22-3/h4-7,9-10,12H,8,11H2,1-3H3. The van der Waals surface area contributed by atoms with E-state index >= 15 is 0 Å². The van der Waals surface area contributed by atoms with E-state index in [1.54, 1.807) is 31.6 Å². The smallest absolute Gasteiger partial charge is 0.246 e. The zero-order valence-electron chi connectivity index (χ0n) is 13.4. The lowest BCUT2D eigenvalue weighted by Gasteiger charge is -2.19. The van der Waals surface area contributed by atoms with Crippen LogP contribution >= 0.6 is 0 Å². The van der Waals surface area contributed by atoms with Gasteiger partial charge in [-0.2, -0.15) is 0 Å². The number of benzene rings is 1. The second-order valence-electron chi connectivity index (χ2n) is 4.95. The van der Waals surface area contributed by atoms with E-state index < -0.39 is 10.0 Å². The van der Waals surface area contributed by atoms with Gasteiger partial charge in [0.2, 0.25) is 10.0 Å². The zero-order chi connectivity index (χ0) is 16.9. The van der Waals surface area contributed by atoms with Crippen LogP contribution in [-0.4, -0.2) is 45.5 Å². The third kappa shape index (κ3) is 4.00. The van der Waals surface area contributed by atoms with Crippen LogP contribution in [0.4, 0.5) is 0 Å². The number of ether oxygens (including phenoxy) is 2. The molecule has 23 heavy (non-hydrogen) atoms. The average molecular weight is 336 g/mol. The monoisotopic (exact) mass is 336 g/mol. The second-order valence-corrected chi connectivity index (χ2v) is 6.96. The maximum absolute atomic E-state index is 12.7. The Kier molecular flexibility index (Phi) is 5.57. The summed E-state index contributed by atoms with van der Waals surface area (Å²) >= 11 is 0. The van der Waals surface area contributed by atoms with Crippen LogP contribution in [0.15, 0.2) is 47.6 Å². The minimum Gasteiger partial charge on any atom is -0.497 e. The van der Waals surface area contributed by atoms with Gasteiger partial charge in [-0.15, -0.1) is 0 Å². The predicted octanol–water partition coefficient (Wildman–Crippen LogP) is 1.96. The Balaban J connectivity index is 2.20. The summed E-state index contributed by atoms with van der Waals surface area (Å²) in [6.45, 7) is 0.363. The number of hydrogen-bond acceptors (Lipinski definition) is 5. The molecule has 0 saturated heterocycles. The molecule has 0 saturated carbocycles. The molecule has 0 radical (unpaired) electrons. The number of rotatable bonds is 7. The molecular weight excluding hydrogens is 316 g/mol. The average Bonchev–Trinajstić information content (AvgIpc) is 2.59. The van der Waals surface area contributed by atoms with Crippen molar-refractivity contribution in [3.05, 3.63) is 48.3 Å². The van der Waals surface area contributed by atoms with Crippen LogP contribution in [0.25, 0.3) is 0 Å². The highest BCUT2D eigenvalue weighted by Crippen LogP contribution is 2.30. The molecule has 2 aromatic rings. The fourth-order valence-corrected chi connectivity index (χ4v) is 3.42. The van der Waals surface area contributed by atoms with Crippen molar-refractivity contribution in [1.82, 2.24) is 9.29 Å². The topological polar surface area (TPSA) is 68.7 Å². The van der Waals surface area contributed by atoms with E-state index in [4.69, 9.17) is 9.47 Å². The van der Waals surface area contributed by atoms with Gasteiger partial charge in [0.25, 0.3) is 0 Å². The molecule has 124 valence electrons. The first-order valence-electron chi connectivity index (χ1n) is 7.06. The van der Waals surface area contributed by atoms with E-state index in [0.29, 0.717) is 18.7 Å². The highest BCUT2D eigenvalue weighted by atomic mass is 32.2. The summed E-state index contributed by atoms with van der Waals surface area (Å²) in [5, 5.41) is 0. The van der Waals surface area contributed by atoms with E-state index in [1.807, 2.05) is 12.1 Å². The van der Waals surface area contributed by atoms with Crippen LogP contribution in [0.5, 0.6) is 11.5 Å². The van der Waals surface area contributed by atoms with Crippen molar-refractivity contribution in [2.24, 2.45) is 0 Å². The second kappa shape index (κ2) is 7.43. The van der Waals surface area contributed by atoms with E-state index in [1.165, 1.54) is 24.6 Å². The molecule has 0 unspecified atom stereocenters. The SMILES string of the molecule is COc1ccc(S(=O)(=O)N(C)CCc2ccncc2)c(OC)c1. The molecule has 0 aliphatic heterocycles. The highest BCUT2D eigenvalue weighted by Gasteiger charge is 2.25. The number of pyridine rings is 1. The Bertz CT molecular complexity index is 748. The van der Waals surface area contributed by atoms with Gasteiger partial charge in [-0.25, -0.2) is 12.7 Å². The Hall–Kier alpha value is -2.12. The molecule has 0 aliphatic rings. The van der Waals surface area contributed by atoms with Crippen molar-refractivity contribution in [2.45, 2.75) is 11.3 Å². The van der Waals surface area contributed by atoms with Crippen LogP contribution in [0.2, 0.25) is 0 Å². The molecule has 7 heteroatoms. The van der Waals surface area contributed by atoms with E-state index in [2.05, 4.69) is 4.98 Å². The first kappa shape index (κ1) is 17.2. The Morgan fingerprint density at radius 2 is 1.78 bits per heavy atom. The summed E-state index contributed by atoms with van der Waals surface area (Å²) in [6, 6.07) is 8.40. The Morgan fingerprint density at radius 1 is 1.09 bits per heavy atom. The van der Waals surface area contributed by atoms with Gasteiger partial charge in [0, 0.05) is 32.1 Å². The first-order chi connectivity index (χ1) is 11.0. The number of hydrogen-bond donors (Lipinski definition) is 0. The van der Waals surface area contributed by atoms with Gasteiger partial charge in [0.15, 0.2) is 0 Å². The predicted molar refractivity (Wildman–Crippen MR) is 87.3 cm³/mol. The van der Waals surface area contributed by atoms with Crippen molar-refractivity contribution in [3.63, 3.8) is 0 Å². The largest absolute Gasteiger partial charge is 0.497 e. The van der Waals surface area contributed by atoms with E-state index in [-0.39, 0.29) is 10.6 Å². The fraction of sp³-hybridized carbons (Fsp3) is 0.312. The van der Waals surface area contributed by atoms with Gasteiger partial charge in [0.1, 0.15) is 16.4 Å². The summed E-state index contributed by atoms with van der Waals surface area (Å²) in [5.74, 6) is 0.806. The molecule has 0 aliphatic carbocycles. The van der Waals surface area contributed by atoms with Gasteiger partial charge < -0.3 is 9.47 Å². The van der Waals surface area contributed by atoms with Crippen LogP contribution in [-0.2, 0) is 16.4 Å². The third-order valence-electron chi connectivity index (χ3n) is 3.52. The van der Waals surface area contributed by atoms with Crippen molar-refractivity contribution in [2.75, 3.05) is 27.8 Å². The fourth-order valence-electron chi connectivity index (χ4n) is 2.11. The lowest BCUT2D eigenvalue weighted by atomic mass is 10.2. The Morgan fingerprint density at radius 3 is 2.39 bits per heavy atom. The van der Waals surface area contributed by atoms with Gasteiger partial charge in [-0.3, -0.25) is 4.98 Å². The van der Waals surface area contributed by atoms with E-state index in [9.17, 15) is 8.42 Å². The van der Waals surface area contributed by atoms with Crippen molar-refractivity contribution in [3.8, 4) is 11.5 Å². The molecule has 0 fully saturated rings. The molecule has 1 heterocycles. The first-order valence-corrected chi connectivity index (χ1v) is 8.50. The lowest BCUT2D eigenvalue weighted by molar-refractivity contribution is 0.383. The minimum absolute atomic E-state index is 0.123. The van der Waals surface area contributed by atoms with Crippen molar-refractivity contribution < 1.29 is 17.9 Å². The quantitative estimate of drug-likeness (QED) is 0.773. The summed E-state index contributed by atoms with van der Waals surface area (Å²) in [7, 11) is 0.869. The highest BCUT2D eigenvalue weighted by molar-refractivity contribution is 7.89. The van der Waals surface area contributed by atoms with Gasteiger partial charge >= 0.3 is 0 Å². The molecule has 1 aromatic heterocycles. The number of nitrogens with zero attached hydrogens (tertiary/aromatic N) is 2. The van der Waals surface area contributed by atoms with E-state index in [0.717, 1.165) is 5.56 Å². The normalized spacial score (nSPS) is 11.5. The number of likely N-dealkylation sites (N-methyl/N-ethyl adjacent to an activating group) is 1. The summed E-state index contributed by atoms with van der Waals surface area (Å²) < 4.78 is 37.1. The zero-order valence-corrected chi connectivity index (χ0v) is 14.2. The third-order valence-corrected chi connectivity index (χ3v) is 5.42. The molecule has 6 nitrogen and oxygen atoms in total. The molecule has 2 rings (SSSR count). The summed E-state index contributed by atoms with van der Waals surface area (Å²) in [5.41, 5.74) is 1.03. The maximum Gasteiger partial charge on any atom is 0.246 e. The van der Waals surface area contributed by atoms with Crippen LogP contribution in [0, 0.1) is 0 Å². The number of methoxy groups -OCH3 is 2. The summed E-state index contributed by atoms with van der Waals surface area (Å²) in [6.07, 6.45) is 3.99. The van der Waals surface area contributed by atoms with Gasteiger partial charge in [-0.05, 0) is 36.2 Å². The molecule has 1 aromatic carbocycles. The van der Waals surface area contributed by atoms with Crippen molar-refractivity contribution in [1.29, 1.82) is 0 Å². The number of sulfonamides is 1. The molecule has 0 bridgehead atoms. The number of aromatic nitrogens is 1. The van der Waals surface area contributed by atoms with Crippen LogP contribution in [0.1, 0.15) is 5.56 Å². The molecule has 0 amide bonds. The lowest BCUT2D eigenvalue weighted by Crippen LogP contribution is -2.29. The summed E-state index contributed by atoms with van der Waals surface area (Å²) in [4.78, 5) is 4.07. The van der Waals surface area contributed by atoms with Crippen LogP contribution in [0.3, 0.4) is 0 Å². The van der Waals surface area contributed by atoms with Crippen LogP contribution < -0.4 is 9.47 Å².